The Balaban J connectivity index is 1.76. The van der Waals surface area contributed by atoms with Crippen LogP contribution in [0.1, 0.15) is 41.3 Å². The van der Waals surface area contributed by atoms with Gasteiger partial charge in [-0.2, -0.15) is 0 Å². The lowest BCUT2D eigenvalue weighted by Gasteiger charge is -2.20. The number of carbonyl (C=O) groups excluding carboxylic acids is 1. The predicted molar refractivity (Wildman–Crippen MR) is 138 cm³/mol. The number of sulfonamides is 1. The molecule has 0 aliphatic rings. The molecular formula is C26H27N3O3S2. The molecular weight excluding hydrogens is 466 g/mol. The molecule has 0 N–H and O–H groups in total. The van der Waals surface area contributed by atoms with Crippen LogP contribution in [-0.2, 0) is 16.6 Å². The van der Waals surface area contributed by atoms with Crippen molar-refractivity contribution in [3.8, 4) is 0 Å². The van der Waals surface area contributed by atoms with Gasteiger partial charge in [-0.1, -0.05) is 67.6 Å². The van der Waals surface area contributed by atoms with Gasteiger partial charge in [0, 0.05) is 19.7 Å². The van der Waals surface area contributed by atoms with Crippen molar-refractivity contribution in [2.75, 3.05) is 19.0 Å². The van der Waals surface area contributed by atoms with Crippen molar-refractivity contribution >= 4 is 42.6 Å². The van der Waals surface area contributed by atoms with E-state index in [-0.39, 0.29) is 10.8 Å². The van der Waals surface area contributed by atoms with Crippen LogP contribution < -0.4 is 4.90 Å². The first-order valence-electron chi connectivity index (χ1n) is 11.0. The van der Waals surface area contributed by atoms with Gasteiger partial charge < -0.3 is 0 Å². The summed E-state index contributed by atoms with van der Waals surface area (Å²) in [6.07, 6.45) is 0. The number of thiazole rings is 1. The maximum Gasteiger partial charge on any atom is 0.260 e. The fraction of sp³-hybridized carbons (Fsp3) is 0.231. The number of fused-ring (bicyclic) bond motifs is 1. The summed E-state index contributed by atoms with van der Waals surface area (Å²) in [6, 6.07) is 21.9. The second-order valence-electron chi connectivity index (χ2n) is 8.53. The molecule has 1 amide bonds. The van der Waals surface area contributed by atoms with Gasteiger partial charge in [0.05, 0.1) is 21.7 Å². The van der Waals surface area contributed by atoms with Crippen molar-refractivity contribution in [1.29, 1.82) is 0 Å². The van der Waals surface area contributed by atoms with Gasteiger partial charge in [-0.05, 0) is 47.4 Å². The summed E-state index contributed by atoms with van der Waals surface area (Å²) < 4.78 is 27.0. The fourth-order valence-corrected chi connectivity index (χ4v) is 5.57. The van der Waals surface area contributed by atoms with Crippen molar-refractivity contribution in [3.63, 3.8) is 0 Å². The fourth-order valence-electron chi connectivity index (χ4n) is 3.67. The first-order valence-corrected chi connectivity index (χ1v) is 13.2. The smallest absolute Gasteiger partial charge is 0.260 e. The average Bonchev–Trinajstić information content (AvgIpc) is 3.26. The molecule has 0 aliphatic heterocycles. The molecule has 0 fully saturated rings. The monoisotopic (exact) mass is 493 g/mol. The molecule has 0 spiro atoms. The SMILES string of the molecule is CC(C)c1cccc2sc(N(Cc3ccccc3)C(=O)c3ccc(S(=O)(=O)N(C)C)cc3)nc12. The molecule has 3 aromatic carbocycles. The van der Waals surface area contributed by atoms with E-state index in [0.717, 1.165) is 25.6 Å². The molecule has 0 saturated heterocycles. The van der Waals surface area contributed by atoms with Crippen LogP contribution in [0.25, 0.3) is 10.2 Å². The van der Waals surface area contributed by atoms with E-state index < -0.39 is 10.0 Å². The number of para-hydroxylation sites is 1. The van der Waals surface area contributed by atoms with Crippen LogP contribution in [0.5, 0.6) is 0 Å². The number of amides is 1. The summed E-state index contributed by atoms with van der Waals surface area (Å²) >= 11 is 1.48. The van der Waals surface area contributed by atoms with Crippen LogP contribution in [0.15, 0.2) is 77.7 Å². The van der Waals surface area contributed by atoms with Crippen LogP contribution in [0.4, 0.5) is 5.13 Å². The third-order valence-corrected chi connectivity index (χ3v) is 8.47. The summed E-state index contributed by atoms with van der Waals surface area (Å²) in [7, 11) is -0.611. The zero-order chi connectivity index (χ0) is 24.5. The number of carbonyl (C=O) groups is 1. The zero-order valence-corrected chi connectivity index (χ0v) is 21.2. The van der Waals surface area contributed by atoms with Gasteiger partial charge in [0.25, 0.3) is 5.91 Å². The first kappa shape index (κ1) is 24.1. The molecule has 0 atom stereocenters. The van der Waals surface area contributed by atoms with Crippen molar-refractivity contribution in [3.05, 3.63) is 89.5 Å². The topological polar surface area (TPSA) is 70.6 Å². The van der Waals surface area contributed by atoms with Crippen molar-refractivity contribution < 1.29 is 13.2 Å². The van der Waals surface area contributed by atoms with E-state index in [1.54, 1.807) is 17.0 Å². The largest absolute Gasteiger partial charge is 0.279 e. The second kappa shape index (κ2) is 9.66. The molecule has 4 rings (SSSR count). The van der Waals surface area contributed by atoms with Gasteiger partial charge in [0.15, 0.2) is 5.13 Å². The minimum absolute atomic E-state index is 0.144. The highest BCUT2D eigenvalue weighted by atomic mass is 32.2. The Morgan fingerprint density at radius 2 is 1.62 bits per heavy atom. The van der Waals surface area contributed by atoms with Crippen LogP contribution in [0.3, 0.4) is 0 Å². The highest BCUT2D eigenvalue weighted by Crippen LogP contribution is 2.34. The molecule has 6 nitrogen and oxygen atoms in total. The summed E-state index contributed by atoms with van der Waals surface area (Å²) in [4.78, 5) is 20.4. The number of hydrogen-bond donors (Lipinski definition) is 0. The van der Waals surface area contributed by atoms with E-state index in [1.165, 1.54) is 37.6 Å². The van der Waals surface area contributed by atoms with Crippen LogP contribution in [0.2, 0.25) is 0 Å². The zero-order valence-electron chi connectivity index (χ0n) is 19.6. The number of rotatable bonds is 7. The van der Waals surface area contributed by atoms with Gasteiger partial charge in [-0.15, -0.1) is 0 Å². The molecule has 1 heterocycles. The molecule has 0 unspecified atom stereocenters. The predicted octanol–water partition coefficient (Wildman–Crippen LogP) is 5.52. The number of benzene rings is 3. The molecule has 0 aliphatic carbocycles. The molecule has 8 heteroatoms. The molecule has 4 aromatic rings. The van der Waals surface area contributed by atoms with E-state index in [9.17, 15) is 13.2 Å². The maximum absolute atomic E-state index is 13.7. The Hall–Kier alpha value is -3.07. The second-order valence-corrected chi connectivity index (χ2v) is 11.7. The van der Waals surface area contributed by atoms with Crippen LogP contribution >= 0.6 is 11.3 Å². The maximum atomic E-state index is 13.7. The van der Waals surface area contributed by atoms with Crippen molar-refractivity contribution in [2.24, 2.45) is 0 Å². The van der Waals surface area contributed by atoms with Crippen LogP contribution in [0, 0.1) is 0 Å². The lowest BCUT2D eigenvalue weighted by Crippen LogP contribution is -2.30. The first-order chi connectivity index (χ1) is 16.2. The third-order valence-electron chi connectivity index (χ3n) is 5.60. The van der Waals surface area contributed by atoms with Gasteiger partial charge >= 0.3 is 0 Å². The number of hydrogen-bond acceptors (Lipinski definition) is 5. The molecule has 176 valence electrons. The molecule has 0 radical (unpaired) electrons. The van der Waals surface area contributed by atoms with Crippen molar-refractivity contribution in [1.82, 2.24) is 9.29 Å². The Morgan fingerprint density at radius 3 is 2.24 bits per heavy atom. The minimum Gasteiger partial charge on any atom is -0.279 e. The van der Waals surface area contributed by atoms with Crippen molar-refractivity contribution in [2.45, 2.75) is 31.2 Å². The van der Waals surface area contributed by atoms with E-state index in [0.29, 0.717) is 23.2 Å². The molecule has 0 bridgehead atoms. The number of nitrogens with zero attached hydrogens (tertiary/aromatic N) is 3. The molecule has 0 saturated carbocycles. The van der Waals surface area contributed by atoms with Gasteiger partial charge in [0.1, 0.15) is 0 Å². The van der Waals surface area contributed by atoms with E-state index >= 15 is 0 Å². The van der Waals surface area contributed by atoms with Gasteiger partial charge in [0.2, 0.25) is 10.0 Å². The van der Waals surface area contributed by atoms with E-state index in [2.05, 4.69) is 19.9 Å². The minimum atomic E-state index is -3.57. The Morgan fingerprint density at radius 1 is 0.941 bits per heavy atom. The number of anilines is 1. The Kier molecular flexibility index (Phi) is 6.84. The summed E-state index contributed by atoms with van der Waals surface area (Å²) in [5.41, 5.74) is 3.43. The van der Waals surface area contributed by atoms with Gasteiger partial charge in [-0.3, -0.25) is 9.69 Å². The quantitative estimate of drug-likeness (QED) is 0.340. The average molecular weight is 494 g/mol. The summed E-state index contributed by atoms with van der Waals surface area (Å²) in [6.45, 7) is 4.61. The highest BCUT2D eigenvalue weighted by Gasteiger charge is 2.24. The standard InChI is InChI=1S/C26H27N3O3S2/c1-18(2)22-11-8-12-23-24(22)27-26(33-23)29(17-19-9-6-5-7-10-19)25(30)20-13-15-21(16-14-20)34(31,32)28(3)4/h5-16,18H,17H2,1-4H3. The van der Waals surface area contributed by atoms with Crippen LogP contribution in [-0.4, -0.2) is 37.7 Å². The lowest BCUT2D eigenvalue weighted by molar-refractivity contribution is 0.0985. The van der Waals surface area contributed by atoms with E-state index in [1.807, 2.05) is 42.5 Å². The van der Waals surface area contributed by atoms with E-state index in [4.69, 9.17) is 4.98 Å². The van der Waals surface area contributed by atoms with Gasteiger partial charge in [-0.25, -0.2) is 17.7 Å². The highest BCUT2D eigenvalue weighted by molar-refractivity contribution is 7.89. The molecule has 34 heavy (non-hydrogen) atoms. The Bertz CT molecular complexity index is 1410. The lowest BCUT2D eigenvalue weighted by atomic mass is 10.0. The summed E-state index contributed by atoms with van der Waals surface area (Å²) in [5, 5.41) is 0.613. The summed E-state index contributed by atoms with van der Waals surface area (Å²) in [5.74, 6) is 0.0749. The Labute approximate surface area is 204 Å². The number of aromatic nitrogens is 1. The normalized spacial score (nSPS) is 11.9. The third kappa shape index (κ3) is 4.75. The molecule has 1 aromatic heterocycles.